The maximum absolute atomic E-state index is 12.4. The fourth-order valence-electron chi connectivity index (χ4n) is 6.34. The van der Waals surface area contributed by atoms with E-state index in [1.807, 2.05) is 6.92 Å². The van der Waals surface area contributed by atoms with E-state index < -0.39 is 41.8 Å². The smallest absolute Gasteiger partial charge is 0.862 e. The number of rotatable bonds is 12. The van der Waals surface area contributed by atoms with Crippen LogP contribution in [-0.4, -0.2) is 81.9 Å². The molecule has 0 aliphatic rings. The molecule has 0 unspecified atom stereocenters. The number of azo groups is 1. The Hall–Kier alpha value is -5.88. The molecule has 0 amide bonds. The van der Waals surface area contributed by atoms with Crippen LogP contribution in [0.25, 0.3) is 10.8 Å². The summed E-state index contributed by atoms with van der Waals surface area (Å²) >= 11 is 12.8. The van der Waals surface area contributed by atoms with Gasteiger partial charge in [-0.15, -0.1) is 5.11 Å². The molecule has 7 rings (SSSR count). The van der Waals surface area contributed by atoms with Crippen molar-refractivity contribution in [1.29, 1.82) is 0 Å². The molecule has 30 heteroatoms. The molecule has 0 aliphatic carbocycles. The molecule has 5 aromatic carbocycles. The molecule has 2 aromatic heterocycles. The van der Waals surface area contributed by atoms with Crippen LogP contribution in [0.5, 0.6) is 11.5 Å². The molecule has 71 heavy (non-hydrogen) atoms. The van der Waals surface area contributed by atoms with Gasteiger partial charge in [0.1, 0.15) is 38.4 Å². The number of H-pyrrole nitrogens is 4. The predicted molar refractivity (Wildman–Crippen MR) is 247 cm³/mol. The largest absolute Gasteiger partial charge is 1.00 e. The third-order valence-electron chi connectivity index (χ3n) is 9.09. The first-order chi connectivity index (χ1) is 32.6. The number of methoxy groups -OCH3 is 2. The molecule has 2 heterocycles. The Kier molecular flexibility index (Phi) is 18.6. The van der Waals surface area contributed by atoms with Crippen LogP contribution in [0.4, 0.5) is 45.5 Å². The SMILES string of the molecule is COc1ccc(N=C(C)[O-])cc1N=c1[nH]c(Cl)nc(=Nc2ccc(C)cc2N=c2nc(Cl)[nH]c(=Nc3cc(N=C(C)[O-])c(N=Nc4cc(S(=O)(=O)O)c5cccc(S(=O)(=O)O)c5c4)cc3OC)[nH]2)[nH]1.[Na+].[Na+]. The van der Waals surface area contributed by atoms with Crippen LogP contribution in [0.15, 0.2) is 129 Å². The molecular weight excluding hydrogens is 1030 g/mol. The summed E-state index contributed by atoms with van der Waals surface area (Å²) in [5, 5.41) is 31.4. The van der Waals surface area contributed by atoms with Gasteiger partial charge in [0.05, 0.1) is 42.7 Å². The number of benzene rings is 5. The number of nitrogens with zero attached hydrogens (tertiary/aromatic N) is 10. The van der Waals surface area contributed by atoms with E-state index in [9.17, 15) is 36.2 Å². The van der Waals surface area contributed by atoms with Crippen LogP contribution in [0.2, 0.25) is 10.6 Å². The second-order valence-corrected chi connectivity index (χ2v) is 17.7. The van der Waals surface area contributed by atoms with Crippen LogP contribution in [0, 0.1) is 6.92 Å². The number of hydrogen-bond acceptors (Lipinski definition) is 18. The van der Waals surface area contributed by atoms with Crippen molar-refractivity contribution in [3.8, 4) is 11.5 Å². The molecule has 0 fully saturated rings. The molecule has 0 radical (unpaired) electrons. The topological polar surface area (TPSA) is 361 Å². The zero-order valence-electron chi connectivity index (χ0n) is 38.2. The monoisotopic (exact) mass is 1060 g/mol. The standard InChI is InChI=1S/C41H36Cl2N14O10S2.2Na/c1-19-9-11-26(46-38-50-36(42)52-40(54-38)48-30-15-22(44-20(2)58)10-12-32(30)66-4)27(13-19)47-39-51-37(43)53-41(55-39)49-31-17-28(45-21(3)59)29(18-33(31)67-5)57-56-23-14-25-24(35(16-23)69(63,64)65)7-6-8-34(25)68(60,61)62;;/h6-18H,1-5H3,(H,44,58)(H,45,59)(H,60,61,62)(H,63,64,65)(H2,46,48,50,52,54)(H2,47,49,51,53,55);;/q;2*+1/p-2. The zero-order chi connectivity index (χ0) is 49.8. The number of aliphatic imine (C=N–C) groups is 2. The Bertz CT molecular complexity index is 3830. The number of aryl methyl sites for hydroxylation is 1. The summed E-state index contributed by atoms with van der Waals surface area (Å²) in [7, 11) is -7.05. The minimum atomic E-state index is -4.96. The van der Waals surface area contributed by atoms with Crippen molar-refractivity contribution in [2.75, 3.05) is 14.2 Å². The van der Waals surface area contributed by atoms with Gasteiger partial charge in [0.2, 0.25) is 33.0 Å². The van der Waals surface area contributed by atoms with Crippen molar-refractivity contribution in [3.63, 3.8) is 0 Å². The second kappa shape index (κ2) is 23.6. The molecular formula is C41H34Cl2N14Na2O10S2. The van der Waals surface area contributed by atoms with E-state index in [1.54, 1.807) is 36.4 Å². The van der Waals surface area contributed by atoms with Gasteiger partial charge in [-0.05, 0) is 116 Å². The van der Waals surface area contributed by atoms with Crippen molar-refractivity contribution in [2.45, 2.75) is 30.6 Å². The van der Waals surface area contributed by atoms with Crippen molar-refractivity contribution in [3.05, 3.63) is 117 Å². The van der Waals surface area contributed by atoms with E-state index in [4.69, 9.17) is 32.7 Å². The van der Waals surface area contributed by atoms with Gasteiger partial charge in [0.25, 0.3) is 20.2 Å². The summed E-state index contributed by atoms with van der Waals surface area (Å²) in [6.07, 6.45) is 0. The van der Waals surface area contributed by atoms with Crippen LogP contribution < -0.4 is 101 Å². The normalized spacial score (nSPS) is 13.4. The van der Waals surface area contributed by atoms with Crippen LogP contribution in [0.3, 0.4) is 0 Å². The van der Waals surface area contributed by atoms with Crippen molar-refractivity contribution in [1.82, 2.24) is 29.9 Å². The molecule has 0 bridgehead atoms. The molecule has 24 nitrogen and oxygen atoms in total. The number of ether oxygens (including phenoxy) is 2. The van der Waals surface area contributed by atoms with Crippen molar-refractivity contribution >= 4 is 112 Å². The molecule has 0 saturated heterocycles. The van der Waals surface area contributed by atoms with E-state index in [0.29, 0.717) is 28.5 Å². The van der Waals surface area contributed by atoms with E-state index in [0.717, 1.165) is 23.8 Å². The fourth-order valence-corrected chi connectivity index (χ4v) is 8.10. The van der Waals surface area contributed by atoms with E-state index in [2.05, 4.69) is 70.1 Å². The number of halogens is 2. The van der Waals surface area contributed by atoms with Crippen LogP contribution >= 0.6 is 23.2 Å². The molecule has 0 spiro atoms. The first kappa shape index (κ1) is 56.0. The number of hydrogen-bond donors (Lipinski definition) is 6. The first-order valence-electron chi connectivity index (χ1n) is 19.5. The minimum Gasteiger partial charge on any atom is -0.862 e. The quantitative estimate of drug-likeness (QED) is 0.0289. The summed E-state index contributed by atoms with van der Waals surface area (Å²) in [6.45, 7) is 4.33. The van der Waals surface area contributed by atoms with Crippen LogP contribution in [-0.2, 0) is 20.2 Å². The fraction of sp³-hybridized carbons (Fsp3) is 0.122. The number of aromatic nitrogens is 6. The average Bonchev–Trinajstić information content (AvgIpc) is 3.25. The summed E-state index contributed by atoms with van der Waals surface area (Å²) in [6, 6.07) is 18.1. The van der Waals surface area contributed by atoms with Gasteiger partial charge in [-0.3, -0.25) is 29.1 Å². The number of aromatic amines is 4. The Morgan fingerprint density at radius 2 is 1.17 bits per heavy atom. The van der Waals surface area contributed by atoms with Gasteiger partial charge >= 0.3 is 59.1 Å². The van der Waals surface area contributed by atoms with Gasteiger partial charge in [-0.1, -0.05) is 18.2 Å². The first-order valence-corrected chi connectivity index (χ1v) is 23.1. The third-order valence-corrected chi connectivity index (χ3v) is 11.3. The van der Waals surface area contributed by atoms with E-state index in [1.165, 1.54) is 52.3 Å². The summed E-state index contributed by atoms with van der Waals surface area (Å²) < 4.78 is 79.9. The summed E-state index contributed by atoms with van der Waals surface area (Å²) in [5.74, 6) is -0.629. The average molecular weight is 1060 g/mol. The van der Waals surface area contributed by atoms with Crippen molar-refractivity contribution < 1.29 is 105 Å². The van der Waals surface area contributed by atoms with Crippen molar-refractivity contribution in [2.24, 2.45) is 40.2 Å². The summed E-state index contributed by atoms with van der Waals surface area (Å²) in [4.78, 5) is 44.9. The van der Waals surface area contributed by atoms with Gasteiger partial charge in [-0.25, -0.2) is 20.0 Å². The van der Waals surface area contributed by atoms with Crippen LogP contribution in [0.1, 0.15) is 19.4 Å². The van der Waals surface area contributed by atoms with Gasteiger partial charge in [-0.2, -0.15) is 31.9 Å². The molecule has 0 atom stereocenters. The molecule has 0 saturated carbocycles. The van der Waals surface area contributed by atoms with E-state index in [-0.39, 0.29) is 131 Å². The summed E-state index contributed by atoms with van der Waals surface area (Å²) in [5.41, 5.74) is 1.73. The molecule has 7 aromatic rings. The maximum Gasteiger partial charge on any atom is 1.00 e. The number of fused-ring (bicyclic) bond motifs is 1. The third kappa shape index (κ3) is 14.4. The Balaban J connectivity index is 0.00000469. The van der Waals surface area contributed by atoms with Gasteiger partial charge in [0, 0.05) is 16.8 Å². The minimum absolute atomic E-state index is 0. The predicted octanol–water partition coefficient (Wildman–Crippen LogP) is -0.759. The van der Waals surface area contributed by atoms with E-state index >= 15 is 0 Å². The zero-order valence-corrected chi connectivity index (χ0v) is 45.4. The Labute approximate surface area is 456 Å². The Morgan fingerprint density at radius 3 is 1.75 bits per heavy atom. The molecule has 0 aliphatic heterocycles. The van der Waals surface area contributed by atoms with Gasteiger partial charge in [0.15, 0.2) is 0 Å². The maximum atomic E-state index is 12.4. The molecule has 356 valence electrons. The van der Waals surface area contributed by atoms with Gasteiger partial charge < -0.3 is 29.7 Å². The molecule has 6 N–H and O–H groups in total. The Morgan fingerprint density at radius 1 is 0.577 bits per heavy atom. The number of nitrogens with one attached hydrogen (secondary N) is 4. The second-order valence-electron chi connectivity index (χ2n) is 14.2.